The zero-order chi connectivity index (χ0) is 31.6. The Morgan fingerprint density at radius 1 is 0.348 bits per heavy atom. The van der Waals surface area contributed by atoms with Crippen LogP contribution in [0.3, 0.4) is 0 Å². The average molecular weight is 621 g/mol. The maximum Gasteiger partial charge on any atom is -0.00581 e. The van der Waals surface area contributed by atoms with Crippen LogP contribution in [0.15, 0.2) is 12.1 Å². The van der Waals surface area contributed by atoms with Crippen molar-refractivity contribution in [3.8, 4) is 11.1 Å². The molecule has 2 radical (unpaired) electrons. The molecular formula is C46H68. The Balaban J connectivity index is 1.48. The smallest absolute Gasteiger partial charge is 0.00581 e. The minimum atomic E-state index is 0.686. The van der Waals surface area contributed by atoms with E-state index in [2.05, 4.69) is 38.1 Å². The van der Waals surface area contributed by atoms with Crippen LogP contribution < -0.4 is 0 Å². The van der Waals surface area contributed by atoms with Gasteiger partial charge in [-0.15, -0.1) is 0 Å². The number of hydrogen-bond donors (Lipinski definition) is 0. The van der Waals surface area contributed by atoms with Gasteiger partial charge >= 0.3 is 0 Å². The van der Waals surface area contributed by atoms with E-state index >= 15 is 0 Å². The summed E-state index contributed by atoms with van der Waals surface area (Å²) in [6.45, 7) is 4.99. The third-order valence-electron chi connectivity index (χ3n) is 13.2. The predicted molar refractivity (Wildman–Crippen MR) is 199 cm³/mol. The van der Waals surface area contributed by atoms with Crippen LogP contribution in [0.1, 0.15) is 237 Å². The molecule has 0 saturated heterocycles. The summed E-state index contributed by atoms with van der Waals surface area (Å²) in [5.74, 6) is 2.82. The molecule has 0 nitrogen and oxygen atoms in total. The summed E-state index contributed by atoms with van der Waals surface area (Å²) in [5, 5.41) is 0. The normalized spacial score (nSPS) is 23.3. The lowest BCUT2D eigenvalue weighted by Gasteiger charge is -2.29. The summed E-state index contributed by atoms with van der Waals surface area (Å²) in [6, 6.07) is 14.0. The molecule has 4 fully saturated rings. The maximum absolute atomic E-state index is 4.27. The summed E-state index contributed by atoms with van der Waals surface area (Å²) in [7, 11) is 0. The summed E-state index contributed by atoms with van der Waals surface area (Å²) in [4.78, 5) is 0. The molecule has 0 amide bonds. The third kappa shape index (κ3) is 8.91. The van der Waals surface area contributed by atoms with Crippen LogP contribution in [0, 0.1) is 26.0 Å². The van der Waals surface area contributed by atoms with Crippen molar-refractivity contribution in [1.82, 2.24) is 0 Å². The van der Waals surface area contributed by atoms with Crippen molar-refractivity contribution in [1.29, 1.82) is 0 Å². The first-order valence-corrected chi connectivity index (χ1v) is 20.8. The topological polar surface area (TPSA) is 0 Å². The monoisotopic (exact) mass is 621 g/mol. The first-order chi connectivity index (χ1) is 22.7. The van der Waals surface area contributed by atoms with Gasteiger partial charge in [0.05, 0.1) is 0 Å². The molecule has 4 saturated carbocycles. The van der Waals surface area contributed by atoms with E-state index in [1.54, 1.807) is 33.4 Å². The van der Waals surface area contributed by atoms with Gasteiger partial charge < -0.3 is 0 Å². The lowest BCUT2D eigenvalue weighted by atomic mass is 9.75. The molecule has 0 aliphatic heterocycles. The van der Waals surface area contributed by atoms with E-state index in [1.807, 2.05) is 0 Å². The molecule has 0 bridgehead atoms. The van der Waals surface area contributed by atoms with Crippen LogP contribution >= 0.6 is 0 Å². The minimum Gasteiger partial charge on any atom is -0.0543 e. The quantitative estimate of drug-likeness (QED) is 0.312. The Labute approximate surface area is 285 Å². The summed E-state index contributed by atoms with van der Waals surface area (Å²) in [6.07, 6.45) is 39.4. The van der Waals surface area contributed by atoms with Crippen LogP contribution in [-0.2, 0) is 0 Å². The number of benzene rings is 2. The van der Waals surface area contributed by atoms with Gasteiger partial charge in [-0.3, -0.25) is 0 Å². The van der Waals surface area contributed by atoms with E-state index in [0.717, 1.165) is 11.8 Å². The molecule has 6 rings (SSSR count). The summed E-state index contributed by atoms with van der Waals surface area (Å²) in [5.41, 5.74) is 12.5. The van der Waals surface area contributed by atoms with E-state index in [4.69, 9.17) is 0 Å². The molecule has 4 aliphatic rings. The van der Waals surface area contributed by atoms with Crippen molar-refractivity contribution >= 4 is 0 Å². The fraction of sp³-hybridized carbons (Fsp3) is 0.739. The molecule has 46 heavy (non-hydrogen) atoms. The Hall–Kier alpha value is -1.56. The Bertz CT molecular complexity index is 1090. The highest BCUT2D eigenvalue weighted by Crippen LogP contribution is 2.45. The lowest BCUT2D eigenvalue weighted by molar-refractivity contribution is 0.447. The predicted octanol–water partition coefficient (Wildman–Crippen LogP) is 14.9. The second-order valence-corrected chi connectivity index (χ2v) is 16.5. The first kappa shape index (κ1) is 34.3. The highest BCUT2D eigenvalue weighted by atomic mass is 14.3. The zero-order valence-corrected chi connectivity index (χ0v) is 30.3. The minimum absolute atomic E-state index is 0.686. The largest absolute Gasteiger partial charge is 0.0543 e. The zero-order valence-electron chi connectivity index (χ0n) is 30.3. The third-order valence-corrected chi connectivity index (χ3v) is 13.2. The number of rotatable bonds is 5. The fourth-order valence-corrected chi connectivity index (χ4v) is 10.2. The van der Waals surface area contributed by atoms with Crippen molar-refractivity contribution in [2.75, 3.05) is 0 Å². The van der Waals surface area contributed by atoms with Gasteiger partial charge in [0.1, 0.15) is 0 Å². The van der Waals surface area contributed by atoms with E-state index < -0.39 is 0 Å². The fourth-order valence-electron chi connectivity index (χ4n) is 10.2. The van der Waals surface area contributed by atoms with E-state index in [1.165, 1.54) is 191 Å². The van der Waals surface area contributed by atoms with Crippen LogP contribution in [-0.4, -0.2) is 0 Å². The molecule has 0 atom stereocenters. The highest BCUT2D eigenvalue weighted by molar-refractivity contribution is 5.74. The molecule has 0 unspecified atom stereocenters. The standard InChI is InChI=1S/C46H68/c1-35-43(39-27-19-11-5-12-20-28-39)31-41(37-23-15-7-3-8-16-24-37)33-45(35)46-34-42(38-25-17-9-4-10-18-26-38)32-44(36(46)2)40-29-21-13-6-14-22-30-40/h31-32,37-40H,3-30H2,1-2H3. The van der Waals surface area contributed by atoms with Gasteiger partial charge in [-0.2, -0.15) is 0 Å². The Morgan fingerprint density at radius 2 is 0.587 bits per heavy atom. The van der Waals surface area contributed by atoms with Gasteiger partial charge in [-0.1, -0.05) is 141 Å². The molecular weight excluding hydrogens is 553 g/mol. The van der Waals surface area contributed by atoms with Gasteiger partial charge in [-0.25, -0.2) is 0 Å². The van der Waals surface area contributed by atoms with Gasteiger partial charge in [0.25, 0.3) is 0 Å². The van der Waals surface area contributed by atoms with Crippen molar-refractivity contribution in [2.45, 2.75) is 217 Å². The molecule has 2 aromatic rings. The second-order valence-electron chi connectivity index (χ2n) is 16.5. The van der Waals surface area contributed by atoms with Crippen LogP contribution in [0.4, 0.5) is 0 Å². The molecule has 0 spiro atoms. The van der Waals surface area contributed by atoms with Crippen molar-refractivity contribution in [2.24, 2.45) is 0 Å². The van der Waals surface area contributed by atoms with Gasteiger partial charge in [-0.05, 0) is 146 Å². The lowest BCUT2D eigenvalue weighted by Crippen LogP contribution is -2.12. The number of hydrogen-bond acceptors (Lipinski definition) is 0. The van der Waals surface area contributed by atoms with Crippen molar-refractivity contribution in [3.05, 3.63) is 57.6 Å². The Kier molecular flexibility index (Phi) is 13.2. The van der Waals surface area contributed by atoms with Crippen molar-refractivity contribution < 1.29 is 0 Å². The summed E-state index contributed by atoms with van der Waals surface area (Å²) < 4.78 is 0. The van der Waals surface area contributed by atoms with Gasteiger partial charge in [0.15, 0.2) is 0 Å². The van der Waals surface area contributed by atoms with Crippen molar-refractivity contribution in [3.63, 3.8) is 0 Å². The van der Waals surface area contributed by atoms with Crippen LogP contribution in [0.5, 0.6) is 0 Å². The molecule has 0 N–H and O–H groups in total. The first-order valence-electron chi connectivity index (χ1n) is 20.8. The maximum atomic E-state index is 4.27. The SMILES string of the molecule is Cc1c(-c2[c]c(C3CCCCCCC3)cc(C3CCCCCCC3)c2C)[c]c(C2CCCCCCC2)cc1C1CCCCCCC1. The van der Waals surface area contributed by atoms with Crippen LogP contribution in [0.2, 0.25) is 0 Å². The van der Waals surface area contributed by atoms with E-state index in [0.29, 0.717) is 11.8 Å². The van der Waals surface area contributed by atoms with E-state index in [9.17, 15) is 0 Å². The molecule has 4 aliphatic carbocycles. The second kappa shape index (κ2) is 17.7. The average Bonchev–Trinajstić information content (AvgIpc) is 2.98. The van der Waals surface area contributed by atoms with Gasteiger partial charge in [0, 0.05) is 0 Å². The Morgan fingerprint density at radius 3 is 0.870 bits per heavy atom. The van der Waals surface area contributed by atoms with Gasteiger partial charge in [0.2, 0.25) is 0 Å². The highest BCUT2D eigenvalue weighted by Gasteiger charge is 2.27. The molecule has 0 heterocycles. The molecule has 2 aromatic carbocycles. The van der Waals surface area contributed by atoms with E-state index in [-0.39, 0.29) is 0 Å². The molecule has 0 aromatic heterocycles. The molecule has 0 heteroatoms. The molecule has 252 valence electrons. The summed E-state index contributed by atoms with van der Waals surface area (Å²) >= 11 is 0. The van der Waals surface area contributed by atoms with Crippen LogP contribution in [0.25, 0.3) is 11.1 Å².